The van der Waals surface area contributed by atoms with E-state index in [2.05, 4.69) is 23.6 Å². The molecule has 0 aromatic carbocycles. The molecular formula is C15H29N3. The highest BCUT2D eigenvalue weighted by Crippen LogP contribution is 2.16. The van der Waals surface area contributed by atoms with E-state index in [1.165, 1.54) is 51.4 Å². The van der Waals surface area contributed by atoms with Gasteiger partial charge in [-0.25, -0.2) is 0 Å². The molecule has 1 heterocycles. The third-order valence-corrected chi connectivity index (χ3v) is 3.66. The van der Waals surface area contributed by atoms with Crippen LogP contribution in [0.25, 0.3) is 0 Å². The van der Waals surface area contributed by atoms with Crippen LogP contribution in [0.15, 0.2) is 0 Å². The molecule has 0 amide bonds. The van der Waals surface area contributed by atoms with Crippen molar-refractivity contribution in [2.75, 3.05) is 5.73 Å². The van der Waals surface area contributed by atoms with E-state index >= 15 is 0 Å². The molecule has 0 aliphatic rings. The number of anilines is 1. The summed E-state index contributed by atoms with van der Waals surface area (Å²) in [7, 11) is 0. The van der Waals surface area contributed by atoms with Crippen molar-refractivity contribution in [1.82, 2.24) is 9.78 Å². The summed E-state index contributed by atoms with van der Waals surface area (Å²) >= 11 is 0. The smallest absolute Gasteiger partial charge is 0.0825 e. The van der Waals surface area contributed by atoms with Gasteiger partial charge >= 0.3 is 0 Å². The van der Waals surface area contributed by atoms with Gasteiger partial charge in [0.1, 0.15) is 0 Å². The maximum absolute atomic E-state index is 5.92. The fraction of sp³-hybridized carbons (Fsp3) is 0.800. The van der Waals surface area contributed by atoms with E-state index in [1.807, 2.05) is 6.92 Å². The van der Waals surface area contributed by atoms with Crippen LogP contribution in [-0.2, 0) is 6.54 Å². The van der Waals surface area contributed by atoms with E-state index < -0.39 is 0 Å². The molecule has 0 aliphatic heterocycles. The Labute approximate surface area is 112 Å². The second-order valence-electron chi connectivity index (χ2n) is 5.28. The first-order valence-electron chi connectivity index (χ1n) is 7.46. The minimum Gasteiger partial charge on any atom is -0.396 e. The zero-order chi connectivity index (χ0) is 13.4. The van der Waals surface area contributed by atoms with Crippen molar-refractivity contribution in [3.63, 3.8) is 0 Å². The van der Waals surface area contributed by atoms with Gasteiger partial charge in [0.25, 0.3) is 0 Å². The lowest BCUT2D eigenvalue weighted by atomic mass is 10.1. The Morgan fingerprint density at radius 3 is 2.00 bits per heavy atom. The highest BCUT2D eigenvalue weighted by Gasteiger charge is 2.06. The number of aromatic nitrogens is 2. The van der Waals surface area contributed by atoms with Gasteiger partial charge in [-0.15, -0.1) is 0 Å². The predicted octanol–water partition coefficient (Wildman–Crippen LogP) is 4.22. The summed E-state index contributed by atoms with van der Waals surface area (Å²) in [6.45, 7) is 7.31. The van der Waals surface area contributed by atoms with Gasteiger partial charge in [0.15, 0.2) is 0 Å². The van der Waals surface area contributed by atoms with Crippen LogP contribution in [0.1, 0.15) is 69.7 Å². The fourth-order valence-electron chi connectivity index (χ4n) is 2.32. The summed E-state index contributed by atoms with van der Waals surface area (Å²) in [5.41, 5.74) is 8.86. The zero-order valence-electron chi connectivity index (χ0n) is 12.3. The Hall–Kier alpha value is -0.990. The first-order valence-corrected chi connectivity index (χ1v) is 7.46. The van der Waals surface area contributed by atoms with Gasteiger partial charge in [-0.1, -0.05) is 51.9 Å². The van der Waals surface area contributed by atoms with Gasteiger partial charge in [0, 0.05) is 6.54 Å². The molecule has 0 unspecified atom stereocenters. The van der Waals surface area contributed by atoms with Crippen molar-refractivity contribution in [2.45, 2.75) is 78.7 Å². The van der Waals surface area contributed by atoms with E-state index in [-0.39, 0.29) is 0 Å². The second kappa shape index (κ2) is 8.17. The molecule has 18 heavy (non-hydrogen) atoms. The second-order valence-corrected chi connectivity index (χ2v) is 5.28. The number of rotatable bonds is 9. The summed E-state index contributed by atoms with van der Waals surface area (Å²) in [5.74, 6) is 0. The molecule has 0 saturated heterocycles. The maximum Gasteiger partial charge on any atom is 0.0825 e. The van der Waals surface area contributed by atoms with Gasteiger partial charge < -0.3 is 5.73 Å². The van der Waals surface area contributed by atoms with E-state index in [4.69, 9.17) is 5.73 Å². The molecule has 0 fully saturated rings. The number of nitrogens with two attached hydrogens (primary N) is 1. The van der Waals surface area contributed by atoms with E-state index in [9.17, 15) is 0 Å². The quantitative estimate of drug-likeness (QED) is 0.668. The number of nitrogens with zero attached hydrogens (tertiary/aromatic N) is 2. The first kappa shape index (κ1) is 15.1. The Bertz CT molecular complexity index is 342. The normalized spacial score (nSPS) is 11.1. The molecule has 0 bridgehead atoms. The van der Waals surface area contributed by atoms with Crippen molar-refractivity contribution in [2.24, 2.45) is 0 Å². The molecule has 1 aromatic heterocycles. The van der Waals surface area contributed by atoms with Crippen LogP contribution in [-0.4, -0.2) is 9.78 Å². The Morgan fingerprint density at radius 1 is 0.944 bits per heavy atom. The van der Waals surface area contributed by atoms with Crippen molar-refractivity contribution < 1.29 is 0 Å². The average Bonchev–Trinajstić information content (AvgIpc) is 2.60. The minimum atomic E-state index is 0.856. The van der Waals surface area contributed by atoms with Crippen LogP contribution in [0, 0.1) is 13.8 Å². The molecule has 0 aliphatic carbocycles. The number of hydrogen-bond acceptors (Lipinski definition) is 2. The Balaban J connectivity index is 2.09. The topological polar surface area (TPSA) is 43.8 Å². The van der Waals surface area contributed by atoms with Crippen molar-refractivity contribution in [3.05, 3.63) is 11.4 Å². The predicted molar refractivity (Wildman–Crippen MR) is 78.7 cm³/mol. The van der Waals surface area contributed by atoms with Gasteiger partial charge in [-0.2, -0.15) is 5.10 Å². The lowest BCUT2D eigenvalue weighted by Crippen LogP contribution is -2.03. The van der Waals surface area contributed by atoms with Crippen LogP contribution >= 0.6 is 0 Å². The third kappa shape index (κ3) is 4.71. The standard InChI is InChI=1S/C15H29N3/c1-4-5-6-7-8-9-10-11-12-18-14(3)15(16)13(2)17-18/h4-12,16H2,1-3H3. The van der Waals surface area contributed by atoms with Gasteiger partial charge in [0.2, 0.25) is 0 Å². The number of aryl methyl sites for hydroxylation is 2. The molecule has 104 valence electrons. The highest BCUT2D eigenvalue weighted by molar-refractivity contribution is 5.46. The lowest BCUT2D eigenvalue weighted by molar-refractivity contribution is 0.512. The molecule has 0 radical (unpaired) electrons. The number of nitrogen functional groups attached to an aromatic ring is 1. The van der Waals surface area contributed by atoms with Gasteiger partial charge in [0.05, 0.1) is 17.1 Å². The largest absolute Gasteiger partial charge is 0.396 e. The van der Waals surface area contributed by atoms with Crippen molar-refractivity contribution in [3.8, 4) is 0 Å². The Morgan fingerprint density at radius 2 is 1.50 bits per heavy atom. The van der Waals surface area contributed by atoms with Gasteiger partial charge in [-0.3, -0.25) is 4.68 Å². The minimum absolute atomic E-state index is 0.856. The molecule has 3 heteroatoms. The van der Waals surface area contributed by atoms with E-state index in [0.29, 0.717) is 0 Å². The maximum atomic E-state index is 5.92. The zero-order valence-corrected chi connectivity index (χ0v) is 12.3. The summed E-state index contributed by atoms with van der Waals surface area (Å²) in [6.07, 6.45) is 10.8. The van der Waals surface area contributed by atoms with Crippen LogP contribution in [0.5, 0.6) is 0 Å². The fourth-order valence-corrected chi connectivity index (χ4v) is 2.32. The SMILES string of the molecule is CCCCCCCCCCn1nc(C)c(N)c1C. The third-order valence-electron chi connectivity index (χ3n) is 3.66. The first-order chi connectivity index (χ1) is 8.66. The van der Waals surface area contributed by atoms with Crippen molar-refractivity contribution in [1.29, 1.82) is 0 Å². The summed E-state index contributed by atoms with van der Waals surface area (Å²) < 4.78 is 2.06. The van der Waals surface area contributed by atoms with Crippen molar-refractivity contribution >= 4 is 5.69 Å². The lowest BCUT2D eigenvalue weighted by Gasteiger charge is -2.04. The molecule has 0 saturated carbocycles. The van der Waals surface area contributed by atoms with Crippen LogP contribution in [0.2, 0.25) is 0 Å². The van der Waals surface area contributed by atoms with E-state index in [0.717, 1.165) is 23.6 Å². The molecular weight excluding hydrogens is 222 g/mol. The Kier molecular flexibility index (Phi) is 6.84. The summed E-state index contributed by atoms with van der Waals surface area (Å²) in [5, 5.41) is 4.46. The van der Waals surface area contributed by atoms with E-state index in [1.54, 1.807) is 0 Å². The van der Waals surface area contributed by atoms with Crippen LogP contribution < -0.4 is 5.73 Å². The molecule has 0 atom stereocenters. The summed E-state index contributed by atoms with van der Waals surface area (Å²) in [4.78, 5) is 0. The molecule has 3 nitrogen and oxygen atoms in total. The average molecular weight is 251 g/mol. The van der Waals surface area contributed by atoms with Gasteiger partial charge in [-0.05, 0) is 20.3 Å². The summed E-state index contributed by atoms with van der Waals surface area (Å²) in [6, 6.07) is 0. The number of hydrogen-bond donors (Lipinski definition) is 1. The molecule has 1 aromatic rings. The highest BCUT2D eigenvalue weighted by atomic mass is 15.3. The monoisotopic (exact) mass is 251 g/mol. The number of unbranched alkanes of at least 4 members (excludes halogenated alkanes) is 7. The molecule has 0 spiro atoms. The molecule has 1 rings (SSSR count). The van der Waals surface area contributed by atoms with Crippen LogP contribution in [0.4, 0.5) is 5.69 Å². The van der Waals surface area contributed by atoms with Crippen LogP contribution in [0.3, 0.4) is 0 Å². The molecule has 2 N–H and O–H groups in total.